The number of hydrazine groups is 1. The second-order valence-corrected chi connectivity index (χ2v) is 10.3. The van der Waals surface area contributed by atoms with Gasteiger partial charge in [-0.15, -0.1) is 0 Å². The van der Waals surface area contributed by atoms with E-state index in [-0.39, 0.29) is 34.9 Å². The third kappa shape index (κ3) is 3.01. The monoisotopic (exact) mass is 461 g/mol. The molecule has 3 atom stereocenters. The number of benzene rings is 1. The molecule has 0 radical (unpaired) electrons. The number of aliphatic hydroxyl groups excluding tert-OH is 1. The molecule has 1 aromatic heterocycles. The number of hydrogen-bond donors (Lipinski definition) is 4. The number of ketones is 1. The first-order chi connectivity index (χ1) is 15.5. The average Bonchev–Trinajstić information content (AvgIpc) is 3.40. The third-order valence-electron chi connectivity index (χ3n) is 8.30. The number of aromatic amines is 1. The summed E-state index contributed by atoms with van der Waals surface area (Å²) in [7, 11) is 0. The summed E-state index contributed by atoms with van der Waals surface area (Å²) in [6, 6.07) is 4.91. The van der Waals surface area contributed by atoms with Gasteiger partial charge in [0.15, 0.2) is 0 Å². The van der Waals surface area contributed by atoms with E-state index < -0.39 is 11.4 Å². The molecule has 7 nitrogen and oxygen atoms in total. The highest BCUT2D eigenvalue weighted by atomic mass is 35.5. The smallest absolute Gasteiger partial charge is 0.202 e. The van der Waals surface area contributed by atoms with Crippen molar-refractivity contribution in [3.63, 3.8) is 0 Å². The Labute approximate surface area is 191 Å². The van der Waals surface area contributed by atoms with Crippen LogP contribution in [0.25, 0.3) is 10.9 Å². The lowest BCUT2D eigenvalue weighted by atomic mass is 9.74. The molecule has 1 saturated carbocycles. The highest BCUT2D eigenvalue weighted by Crippen LogP contribution is 2.51. The number of nitrogens with one attached hydrogen (secondary N) is 3. The van der Waals surface area contributed by atoms with Gasteiger partial charge in [0.25, 0.3) is 0 Å². The van der Waals surface area contributed by atoms with Crippen LogP contribution in [0.4, 0.5) is 4.39 Å². The maximum Gasteiger partial charge on any atom is 0.202 e. The summed E-state index contributed by atoms with van der Waals surface area (Å²) in [5.74, 6) is -0.365. The molecule has 4 heterocycles. The number of carbonyl (C=O) groups is 1. The summed E-state index contributed by atoms with van der Waals surface area (Å²) < 4.78 is 14.0. The zero-order valence-corrected chi connectivity index (χ0v) is 18.7. The van der Waals surface area contributed by atoms with E-state index in [1.807, 2.05) is 0 Å². The highest BCUT2D eigenvalue weighted by Gasteiger charge is 2.64. The van der Waals surface area contributed by atoms with Crippen LogP contribution in [-0.2, 0) is 0 Å². The lowest BCUT2D eigenvalue weighted by Crippen LogP contribution is -2.63. The molecule has 32 heavy (non-hydrogen) atoms. The zero-order valence-electron chi connectivity index (χ0n) is 18.0. The Balaban J connectivity index is 1.46. The summed E-state index contributed by atoms with van der Waals surface area (Å²) in [6.07, 6.45) is 4.17. The number of hydrogen-bond acceptors (Lipinski definition) is 6. The predicted octanol–water partition coefficient (Wildman–Crippen LogP) is 1.91. The second-order valence-electron chi connectivity index (χ2n) is 9.90. The highest BCUT2D eigenvalue weighted by molar-refractivity contribution is 6.31. The molecule has 2 aromatic rings. The summed E-state index contributed by atoms with van der Waals surface area (Å²) in [6.45, 7) is 3.71. The standard InChI is InChI=1S/C23H29ClFN5O2/c24-16-11-19-14(9-17(16)25)10-20(27-19)21(32)23-13-29(7-8-31)22(2-3-22)4-6-30(23)28-18-1-5-26-12-15(18)23/h9-11,15,18,26-28,31H,1-8,12-13H2. The van der Waals surface area contributed by atoms with E-state index in [0.29, 0.717) is 29.7 Å². The van der Waals surface area contributed by atoms with Gasteiger partial charge in [-0.1, -0.05) is 11.6 Å². The maximum absolute atomic E-state index is 14.4. The lowest BCUT2D eigenvalue weighted by molar-refractivity contribution is 0.0325. The Morgan fingerprint density at radius 2 is 2.12 bits per heavy atom. The van der Waals surface area contributed by atoms with Gasteiger partial charge in [-0.25, -0.2) is 9.40 Å². The fourth-order valence-electron chi connectivity index (χ4n) is 6.43. The number of piperidine rings is 1. The molecule has 1 spiro atoms. The van der Waals surface area contributed by atoms with Crippen LogP contribution in [0.3, 0.4) is 0 Å². The third-order valence-corrected chi connectivity index (χ3v) is 8.59. The number of β-amino-alcohol motifs (C(OH)–C–C–N with tert-alkyl or cyclic N) is 1. The normalized spacial score (nSPS) is 32.1. The fourth-order valence-corrected chi connectivity index (χ4v) is 6.59. The lowest BCUT2D eigenvalue weighted by Gasteiger charge is -2.43. The number of H-pyrrole nitrogens is 1. The number of nitrogens with zero attached hydrogens (tertiary/aromatic N) is 2. The van der Waals surface area contributed by atoms with Gasteiger partial charge in [0, 0.05) is 54.6 Å². The predicted molar refractivity (Wildman–Crippen MR) is 120 cm³/mol. The van der Waals surface area contributed by atoms with E-state index >= 15 is 0 Å². The molecule has 9 heteroatoms. The Morgan fingerprint density at radius 3 is 2.91 bits per heavy atom. The van der Waals surface area contributed by atoms with Gasteiger partial charge in [0.05, 0.1) is 17.3 Å². The Bertz CT molecular complexity index is 1030. The van der Waals surface area contributed by atoms with Gasteiger partial charge in [-0.3, -0.25) is 15.1 Å². The zero-order chi connectivity index (χ0) is 22.1. The molecule has 0 bridgehead atoms. The summed E-state index contributed by atoms with van der Waals surface area (Å²) in [4.78, 5) is 20.0. The number of aliphatic hydroxyl groups is 1. The largest absolute Gasteiger partial charge is 0.395 e. The van der Waals surface area contributed by atoms with Crippen LogP contribution in [0.15, 0.2) is 18.2 Å². The van der Waals surface area contributed by atoms with E-state index in [4.69, 9.17) is 11.6 Å². The van der Waals surface area contributed by atoms with Crippen molar-refractivity contribution in [3.05, 3.63) is 34.7 Å². The Hall–Kier alpha value is -1.55. The van der Waals surface area contributed by atoms with Crippen molar-refractivity contribution in [1.29, 1.82) is 0 Å². The van der Waals surface area contributed by atoms with Gasteiger partial charge in [-0.2, -0.15) is 0 Å². The number of rotatable bonds is 4. The molecule has 172 valence electrons. The molecule has 0 amide bonds. The van der Waals surface area contributed by atoms with Crippen LogP contribution in [0.1, 0.15) is 36.2 Å². The number of fused-ring (bicyclic) bond motifs is 4. The molecule has 3 aliphatic heterocycles. The SMILES string of the molecule is O=C(c1cc2cc(F)c(Cl)cc2[nH]1)C12CN(CCO)C3(CCN1NC1CCNCC12)CC3. The summed E-state index contributed by atoms with van der Waals surface area (Å²) >= 11 is 5.98. The number of aromatic nitrogens is 1. The molecular weight excluding hydrogens is 433 g/mol. The van der Waals surface area contributed by atoms with Gasteiger partial charge in [-0.05, 0) is 50.4 Å². The number of halogens is 2. The van der Waals surface area contributed by atoms with E-state index in [0.717, 1.165) is 45.3 Å². The van der Waals surface area contributed by atoms with Crippen LogP contribution in [0.2, 0.25) is 5.02 Å². The van der Waals surface area contributed by atoms with Crippen molar-refractivity contribution >= 4 is 28.3 Å². The van der Waals surface area contributed by atoms with Crippen molar-refractivity contribution in [2.24, 2.45) is 5.92 Å². The molecule has 4 N–H and O–H groups in total. The minimum absolute atomic E-state index is 0.0228. The number of Topliss-reactive ketones (excluding diaryl/α,β-unsaturated/α-hetero) is 1. The molecule has 6 rings (SSSR count). The second kappa shape index (κ2) is 7.48. The molecule has 4 fully saturated rings. The molecular formula is C23H29ClFN5O2. The first-order valence-corrected chi connectivity index (χ1v) is 12.0. The minimum atomic E-state index is -0.761. The van der Waals surface area contributed by atoms with Crippen molar-refractivity contribution in [2.45, 2.75) is 42.8 Å². The molecule has 3 saturated heterocycles. The summed E-state index contributed by atoms with van der Waals surface area (Å²) in [5.41, 5.74) is 4.17. The minimum Gasteiger partial charge on any atom is -0.395 e. The van der Waals surface area contributed by atoms with Crippen LogP contribution in [-0.4, -0.2) is 82.2 Å². The van der Waals surface area contributed by atoms with Crippen LogP contribution in [0, 0.1) is 11.7 Å². The van der Waals surface area contributed by atoms with Crippen LogP contribution >= 0.6 is 11.6 Å². The molecule has 1 aromatic carbocycles. The quantitative estimate of drug-likeness (QED) is 0.521. The Kier molecular flexibility index (Phi) is 4.91. The van der Waals surface area contributed by atoms with E-state index in [9.17, 15) is 14.3 Å². The molecule has 3 unspecified atom stereocenters. The van der Waals surface area contributed by atoms with Gasteiger partial charge >= 0.3 is 0 Å². The number of carbonyl (C=O) groups excluding carboxylic acids is 1. The topological polar surface area (TPSA) is 83.6 Å². The van der Waals surface area contributed by atoms with E-state index in [1.54, 1.807) is 12.1 Å². The van der Waals surface area contributed by atoms with Crippen LogP contribution in [0.5, 0.6) is 0 Å². The Morgan fingerprint density at radius 1 is 1.28 bits per heavy atom. The summed E-state index contributed by atoms with van der Waals surface area (Å²) in [5, 5.41) is 16.2. The first-order valence-electron chi connectivity index (χ1n) is 11.6. The van der Waals surface area contributed by atoms with E-state index in [2.05, 4.69) is 25.6 Å². The molecule has 1 aliphatic carbocycles. The first kappa shape index (κ1) is 21.0. The van der Waals surface area contributed by atoms with Gasteiger partial charge in [0.2, 0.25) is 5.78 Å². The van der Waals surface area contributed by atoms with Crippen molar-refractivity contribution < 1.29 is 14.3 Å². The van der Waals surface area contributed by atoms with Crippen molar-refractivity contribution in [3.8, 4) is 0 Å². The fraction of sp³-hybridized carbons (Fsp3) is 0.609. The van der Waals surface area contributed by atoms with Gasteiger partial charge in [0.1, 0.15) is 11.4 Å². The van der Waals surface area contributed by atoms with Gasteiger partial charge < -0.3 is 15.4 Å². The molecule has 4 aliphatic rings. The average molecular weight is 462 g/mol. The maximum atomic E-state index is 14.4. The van der Waals surface area contributed by atoms with Crippen molar-refractivity contribution in [1.82, 2.24) is 25.6 Å². The van der Waals surface area contributed by atoms with Crippen molar-refractivity contribution in [2.75, 3.05) is 39.3 Å². The van der Waals surface area contributed by atoms with Crippen LogP contribution < -0.4 is 10.7 Å². The van der Waals surface area contributed by atoms with E-state index in [1.165, 1.54) is 6.07 Å².